The quantitative estimate of drug-likeness (QED) is 0.107. The molecule has 0 saturated carbocycles. The molecule has 1 atom stereocenters. The van der Waals surface area contributed by atoms with E-state index in [1.54, 1.807) is 0 Å². The summed E-state index contributed by atoms with van der Waals surface area (Å²) in [6.45, 7) is 0. The van der Waals surface area contributed by atoms with E-state index in [-0.39, 0.29) is 6.04 Å². The lowest BCUT2D eigenvalue weighted by Crippen LogP contribution is -2.29. The molecular formula is C108H72N4. The van der Waals surface area contributed by atoms with Crippen molar-refractivity contribution in [2.45, 2.75) is 12.5 Å². The highest BCUT2D eigenvalue weighted by Crippen LogP contribution is 2.52. The molecule has 0 amide bonds. The first-order valence-electron chi connectivity index (χ1n) is 38.9. The predicted octanol–water partition coefficient (Wildman–Crippen LogP) is 29.5. The van der Waals surface area contributed by atoms with Crippen LogP contribution in [0.5, 0.6) is 0 Å². The van der Waals surface area contributed by atoms with Crippen LogP contribution in [-0.2, 0) is 0 Å². The fraction of sp³-hybridized carbons (Fsp3) is 0.0185. The normalized spacial score (nSPS) is 13.3. The summed E-state index contributed by atoms with van der Waals surface area (Å²) in [5, 5.41) is 17.4. The smallest absolute Gasteiger partial charge is 0.0634 e. The highest BCUT2D eigenvalue weighted by molar-refractivity contribution is 6.21. The van der Waals surface area contributed by atoms with Crippen molar-refractivity contribution >= 4 is 132 Å². The zero-order chi connectivity index (χ0) is 73.7. The molecule has 1 aromatic heterocycles. The maximum atomic E-state index is 2.59. The van der Waals surface area contributed by atoms with Crippen LogP contribution >= 0.6 is 0 Å². The highest BCUT2D eigenvalue weighted by atomic mass is 15.2. The van der Waals surface area contributed by atoms with E-state index >= 15 is 0 Å². The van der Waals surface area contributed by atoms with Gasteiger partial charge in [0.15, 0.2) is 0 Å². The number of anilines is 7. The third kappa shape index (κ3) is 10.9. The number of nitrogens with zero attached hydrogens (tertiary/aromatic N) is 4. The summed E-state index contributed by atoms with van der Waals surface area (Å²) < 4.78 is 2.40. The van der Waals surface area contributed by atoms with Gasteiger partial charge in [-0.25, -0.2) is 0 Å². The third-order valence-corrected chi connectivity index (χ3v) is 23.6. The lowest BCUT2D eigenvalue weighted by molar-refractivity contribution is 0.820. The number of benzene rings is 19. The molecule has 1 aliphatic heterocycles. The molecule has 0 radical (unpaired) electrons. The second kappa shape index (κ2) is 26.7. The summed E-state index contributed by atoms with van der Waals surface area (Å²) in [6.07, 6.45) is 5.74. The van der Waals surface area contributed by atoms with E-state index in [0.29, 0.717) is 0 Å². The number of hydrogen-bond donors (Lipinski definition) is 0. The van der Waals surface area contributed by atoms with Crippen molar-refractivity contribution in [2.24, 2.45) is 0 Å². The van der Waals surface area contributed by atoms with Crippen molar-refractivity contribution in [3.05, 3.63) is 430 Å². The Morgan fingerprint density at radius 2 is 0.661 bits per heavy atom. The zero-order valence-corrected chi connectivity index (χ0v) is 61.4. The first kappa shape index (κ1) is 64.6. The van der Waals surface area contributed by atoms with Crippen LogP contribution in [0.4, 0.5) is 39.8 Å². The molecule has 4 heteroatoms. The Hall–Kier alpha value is -14.6. The van der Waals surface area contributed by atoms with Gasteiger partial charge in [0.1, 0.15) is 0 Å². The SMILES string of the molecule is C1=C2c3ccccc3N(c3cccc(-c4cccc5c4ccc4c6cc(-c7ccc(N(c8ccc(-c9ccccc9)cc8)c8cccc9c8c8ccccc8n9-c8ccccc8)cc7)ccc6ccc54)c3)C2CC=C1N(c1ccc(-c2ccccc2)cc1)c1ccc(-c2ccc3ccc4c5ccccc5ccc4c3c2)cc1. The van der Waals surface area contributed by atoms with Crippen LogP contribution < -0.4 is 14.7 Å². The predicted molar refractivity (Wildman–Crippen MR) is 476 cm³/mol. The first-order chi connectivity index (χ1) is 55.5. The Balaban J connectivity index is 0.581. The van der Waals surface area contributed by atoms with Crippen LogP contribution in [-0.4, -0.2) is 10.6 Å². The second-order valence-electron chi connectivity index (χ2n) is 29.8. The molecule has 20 aromatic rings. The van der Waals surface area contributed by atoms with E-state index in [0.717, 1.165) is 57.3 Å². The average molecular weight is 1430 g/mol. The van der Waals surface area contributed by atoms with Gasteiger partial charge in [0.2, 0.25) is 0 Å². The maximum Gasteiger partial charge on any atom is 0.0634 e. The summed E-state index contributed by atoms with van der Waals surface area (Å²) in [6, 6.07) is 150. The van der Waals surface area contributed by atoms with Gasteiger partial charge in [0.05, 0.1) is 22.8 Å². The van der Waals surface area contributed by atoms with Crippen LogP contribution in [0.1, 0.15) is 12.0 Å². The van der Waals surface area contributed by atoms with Crippen LogP contribution in [0.3, 0.4) is 0 Å². The van der Waals surface area contributed by atoms with Gasteiger partial charge in [-0.1, -0.05) is 303 Å². The lowest BCUT2D eigenvalue weighted by atomic mass is 9.91. The summed E-state index contributed by atoms with van der Waals surface area (Å²) in [4.78, 5) is 7.48. The molecule has 0 spiro atoms. The van der Waals surface area contributed by atoms with E-state index in [9.17, 15) is 0 Å². The van der Waals surface area contributed by atoms with Crippen molar-refractivity contribution < 1.29 is 0 Å². The maximum absolute atomic E-state index is 2.59. The number of allylic oxidation sites excluding steroid dienone is 1. The van der Waals surface area contributed by atoms with Crippen LogP contribution in [0.25, 0.3) is 153 Å². The molecule has 4 nitrogen and oxygen atoms in total. The summed E-state index contributed by atoms with van der Waals surface area (Å²) in [7, 11) is 0. The fourth-order valence-corrected chi connectivity index (χ4v) is 18.3. The van der Waals surface area contributed by atoms with Gasteiger partial charge in [0.25, 0.3) is 0 Å². The van der Waals surface area contributed by atoms with Crippen LogP contribution in [0.15, 0.2) is 424 Å². The molecule has 1 unspecified atom stereocenters. The van der Waals surface area contributed by atoms with Crippen LogP contribution in [0, 0.1) is 0 Å². The van der Waals surface area contributed by atoms with Gasteiger partial charge in [0, 0.05) is 61.8 Å². The van der Waals surface area contributed by atoms with Gasteiger partial charge in [-0.3, -0.25) is 0 Å². The Kier molecular flexibility index (Phi) is 15.4. The van der Waals surface area contributed by atoms with Crippen molar-refractivity contribution in [1.29, 1.82) is 0 Å². The molecule has 0 saturated heterocycles. The monoisotopic (exact) mass is 1420 g/mol. The number of fused-ring (bicyclic) bond motifs is 16. The summed E-state index contributed by atoms with van der Waals surface area (Å²) in [5.74, 6) is 0. The standard InChI is InChI=1S/C108H72N4/c1-4-19-71(20-5-1)73-41-52-84(53-42-73)109(85-54-45-75(46-55-85)80-39-37-78-50-61-93-90-28-11-10-23-77(90)49-63-96(93)100(78)68-80)89-60-66-105-102(70-89)98-29-12-14-33-103(98)112(105)88-27-16-24-82(67-88)91-31-17-32-92-94(91)64-65-97-95(92)62-51-79-38-40-81(69-101(79)97)76-47-58-87(59-48-76)110(86-56-43-74(44-57-86)72-21-6-2-7-22-72)106-35-18-36-107-108(106)99-30-13-15-34-104(99)111(107)83-25-8-3-9-26-83/h1-65,67-70,105H,66H2. The molecule has 0 fully saturated rings. The Bertz CT molecular complexity index is 7180. The van der Waals surface area contributed by atoms with E-state index in [1.807, 2.05) is 0 Å². The van der Waals surface area contributed by atoms with Gasteiger partial charge in [-0.15, -0.1) is 0 Å². The van der Waals surface area contributed by atoms with Crippen molar-refractivity contribution in [1.82, 2.24) is 4.57 Å². The molecule has 1 aliphatic carbocycles. The molecular weight excluding hydrogens is 1350 g/mol. The summed E-state index contributed by atoms with van der Waals surface area (Å²) >= 11 is 0. The second-order valence-corrected chi connectivity index (χ2v) is 29.8. The first-order valence-corrected chi connectivity index (χ1v) is 38.9. The number of para-hydroxylation sites is 3. The van der Waals surface area contributed by atoms with Gasteiger partial charge in [-0.05, 0) is 248 Å². The third-order valence-electron chi connectivity index (χ3n) is 23.6. The van der Waals surface area contributed by atoms with E-state index in [1.165, 1.54) is 154 Å². The van der Waals surface area contributed by atoms with Gasteiger partial charge < -0.3 is 19.3 Å². The van der Waals surface area contributed by atoms with Crippen molar-refractivity contribution in [2.75, 3.05) is 14.7 Å². The van der Waals surface area contributed by atoms with E-state index in [4.69, 9.17) is 0 Å². The topological polar surface area (TPSA) is 14.7 Å². The highest BCUT2D eigenvalue weighted by Gasteiger charge is 2.37. The minimum absolute atomic E-state index is 0.0924. The molecule has 19 aromatic carbocycles. The molecule has 22 rings (SSSR count). The van der Waals surface area contributed by atoms with Crippen LogP contribution in [0.2, 0.25) is 0 Å². The Labute approximate surface area is 650 Å². The number of hydrogen-bond acceptors (Lipinski definition) is 3. The van der Waals surface area contributed by atoms with Crippen molar-refractivity contribution in [3.63, 3.8) is 0 Å². The zero-order valence-electron chi connectivity index (χ0n) is 61.4. The number of aromatic nitrogens is 1. The average Bonchev–Trinajstić information content (AvgIpc) is 1.48. The molecule has 0 bridgehead atoms. The summed E-state index contributed by atoms with van der Waals surface area (Å²) in [5.41, 5.74) is 27.0. The van der Waals surface area contributed by atoms with E-state index < -0.39 is 0 Å². The van der Waals surface area contributed by atoms with E-state index in [2.05, 4.69) is 438 Å². The molecule has 0 N–H and O–H groups in total. The largest absolute Gasteiger partial charge is 0.333 e. The van der Waals surface area contributed by atoms with Crippen molar-refractivity contribution in [3.8, 4) is 61.3 Å². The van der Waals surface area contributed by atoms with Gasteiger partial charge in [-0.2, -0.15) is 0 Å². The lowest BCUT2D eigenvalue weighted by Gasteiger charge is -2.33. The molecule has 524 valence electrons. The fourth-order valence-electron chi connectivity index (χ4n) is 18.3. The molecule has 112 heavy (non-hydrogen) atoms. The minimum Gasteiger partial charge on any atom is -0.333 e. The Morgan fingerprint density at radius 3 is 1.29 bits per heavy atom. The minimum atomic E-state index is 0.0924. The van der Waals surface area contributed by atoms with Gasteiger partial charge >= 0.3 is 0 Å². The molecule has 2 heterocycles. The Morgan fingerprint density at radius 1 is 0.250 bits per heavy atom. The number of rotatable bonds is 13. The molecule has 2 aliphatic rings.